The first-order valence-electron chi connectivity index (χ1n) is 5.48. The van der Waals surface area contributed by atoms with Gasteiger partial charge in [-0.05, 0) is 22.0 Å². The van der Waals surface area contributed by atoms with Crippen LogP contribution in [-0.4, -0.2) is 31.7 Å². The number of nitrogens with zero attached hydrogens (tertiary/aromatic N) is 2. The lowest BCUT2D eigenvalue weighted by Gasteiger charge is -2.21. The number of alkyl halides is 3. The number of carbonyl (C=O) groups is 1. The van der Waals surface area contributed by atoms with Crippen molar-refractivity contribution in [3.8, 4) is 0 Å². The molecule has 2 N–H and O–H groups in total. The van der Waals surface area contributed by atoms with Gasteiger partial charge in [0, 0.05) is 13.6 Å². The summed E-state index contributed by atoms with van der Waals surface area (Å²) in [5, 5.41) is 0. The van der Waals surface area contributed by atoms with E-state index in [1.165, 1.54) is 12.0 Å². The zero-order valence-corrected chi connectivity index (χ0v) is 12.4. The van der Waals surface area contributed by atoms with Gasteiger partial charge in [0.05, 0.1) is 24.8 Å². The zero-order chi connectivity index (χ0) is 15.5. The number of anilines is 2. The molecule has 0 atom stereocenters. The van der Waals surface area contributed by atoms with Crippen LogP contribution in [0.1, 0.15) is 12.0 Å². The molecule has 0 saturated carbocycles. The number of esters is 1. The highest BCUT2D eigenvalue weighted by Gasteiger charge is 2.34. The van der Waals surface area contributed by atoms with Crippen molar-refractivity contribution in [2.45, 2.75) is 12.6 Å². The molecule has 1 heterocycles. The number of carbonyl (C=O) groups excluding carboxylic acids is 1. The van der Waals surface area contributed by atoms with E-state index in [2.05, 4.69) is 25.7 Å². The number of hydrogen-bond acceptors (Lipinski definition) is 5. The zero-order valence-electron chi connectivity index (χ0n) is 10.8. The molecule has 0 fully saturated rings. The average Bonchev–Trinajstić information content (AvgIpc) is 2.36. The van der Waals surface area contributed by atoms with Crippen molar-refractivity contribution in [3.05, 3.63) is 16.2 Å². The maximum atomic E-state index is 12.7. The van der Waals surface area contributed by atoms with Gasteiger partial charge in [0.1, 0.15) is 4.60 Å². The number of nitrogen functional groups attached to an aromatic ring is 1. The van der Waals surface area contributed by atoms with Crippen molar-refractivity contribution in [2.24, 2.45) is 0 Å². The third kappa shape index (κ3) is 3.99. The minimum Gasteiger partial charge on any atom is -0.469 e. The minimum atomic E-state index is -4.54. The molecule has 0 radical (unpaired) electrons. The van der Waals surface area contributed by atoms with Crippen molar-refractivity contribution >= 4 is 33.4 Å². The van der Waals surface area contributed by atoms with E-state index in [-0.39, 0.29) is 29.1 Å². The molecule has 112 valence electrons. The summed E-state index contributed by atoms with van der Waals surface area (Å²) in [4.78, 5) is 16.3. The minimum absolute atomic E-state index is 0.0762. The van der Waals surface area contributed by atoms with Crippen molar-refractivity contribution < 1.29 is 22.7 Å². The van der Waals surface area contributed by atoms with E-state index in [0.29, 0.717) is 0 Å². The van der Waals surface area contributed by atoms with Crippen LogP contribution in [0.25, 0.3) is 0 Å². The van der Waals surface area contributed by atoms with E-state index in [4.69, 9.17) is 5.73 Å². The largest absolute Gasteiger partial charge is 0.469 e. The van der Waals surface area contributed by atoms with Crippen molar-refractivity contribution in [2.75, 3.05) is 31.3 Å². The van der Waals surface area contributed by atoms with E-state index in [0.717, 1.165) is 6.07 Å². The monoisotopic (exact) mass is 355 g/mol. The summed E-state index contributed by atoms with van der Waals surface area (Å²) >= 11 is 2.77. The normalized spacial score (nSPS) is 11.3. The second-order valence-electron chi connectivity index (χ2n) is 3.99. The molecule has 9 heteroatoms. The Morgan fingerprint density at radius 3 is 2.65 bits per heavy atom. The molecule has 0 bridgehead atoms. The number of ether oxygens (including phenoxy) is 1. The van der Waals surface area contributed by atoms with Gasteiger partial charge in [0.15, 0.2) is 5.82 Å². The number of pyridine rings is 1. The molecule has 0 aliphatic heterocycles. The molecule has 1 aromatic rings. The summed E-state index contributed by atoms with van der Waals surface area (Å²) in [7, 11) is 2.82. The average molecular weight is 356 g/mol. The lowest BCUT2D eigenvalue weighted by atomic mass is 10.2. The van der Waals surface area contributed by atoms with Gasteiger partial charge in [-0.25, -0.2) is 4.98 Å². The first-order chi connectivity index (χ1) is 9.16. The lowest BCUT2D eigenvalue weighted by molar-refractivity contribution is -0.140. The Morgan fingerprint density at radius 1 is 1.55 bits per heavy atom. The van der Waals surface area contributed by atoms with Gasteiger partial charge in [-0.3, -0.25) is 4.79 Å². The Labute approximate surface area is 122 Å². The lowest BCUT2D eigenvalue weighted by Crippen LogP contribution is -2.24. The summed E-state index contributed by atoms with van der Waals surface area (Å²) in [5.41, 5.74) is 4.52. The van der Waals surface area contributed by atoms with Crippen LogP contribution in [0.4, 0.5) is 24.7 Å². The van der Waals surface area contributed by atoms with Crippen molar-refractivity contribution in [3.63, 3.8) is 0 Å². The number of hydrogen-bond donors (Lipinski definition) is 1. The van der Waals surface area contributed by atoms with E-state index >= 15 is 0 Å². The number of rotatable bonds is 4. The Balaban J connectivity index is 2.97. The van der Waals surface area contributed by atoms with Crippen LogP contribution < -0.4 is 10.6 Å². The molecule has 0 aliphatic carbocycles. The summed E-state index contributed by atoms with van der Waals surface area (Å²) < 4.78 is 42.1. The molecule has 1 rings (SSSR count). The van der Waals surface area contributed by atoms with Crippen molar-refractivity contribution in [1.29, 1.82) is 0 Å². The first kappa shape index (κ1) is 16.5. The quantitative estimate of drug-likeness (QED) is 0.663. The van der Waals surface area contributed by atoms with E-state index in [1.807, 2.05) is 0 Å². The van der Waals surface area contributed by atoms with Gasteiger partial charge < -0.3 is 15.4 Å². The third-order valence-electron chi connectivity index (χ3n) is 2.53. The SMILES string of the molecule is COC(=O)CCN(C)c1nc(Br)c(C(F)(F)F)cc1N. The first-order valence-corrected chi connectivity index (χ1v) is 6.27. The highest BCUT2D eigenvalue weighted by molar-refractivity contribution is 9.10. The van der Waals surface area contributed by atoms with Crippen LogP contribution in [0.3, 0.4) is 0 Å². The Kier molecular flexibility index (Phi) is 5.21. The fourth-order valence-electron chi connectivity index (χ4n) is 1.47. The second-order valence-corrected chi connectivity index (χ2v) is 4.74. The molecule has 0 saturated heterocycles. The van der Waals surface area contributed by atoms with E-state index < -0.39 is 17.7 Å². The van der Waals surface area contributed by atoms with Gasteiger partial charge in [0.25, 0.3) is 0 Å². The van der Waals surface area contributed by atoms with Gasteiger partial charge in [0.2, 0.25) is 0 Å². The van der Waals surface area contributed by atoms with E-state index in [9.17, 15) is 18.0 Å². The Hall–Kier alpha value is -1.51. The molecule has 0 aliphatic rings. The maximum Gasteiger partial charge on any atom is 0.419 e. The molecule has 1 aromatic heterocycles. The summed E-state index contributed by atoms with van der Waals surface area (Å²) in [6.07, 6.45) is -4.46. The maximum absolute atomic E-state index is 12.7. The Bertz CT molecular complexity index is 508. The van der Waals surface area contributed by atoms with Gasteiger partial charge in [-0.1, -0.05) is 0 Å². The summed E-state index contributed by atoms with van der Waals surface area (Å²) in [6, 6.07) is 0.807. The number of methoxy groups -OCH3 is 1. The number of nitrogens with two attached hydrogens (primary N) is 1. The molecular weight excluding hydrogens is 343 g/mol. The highest BCUT2D eigenvalue weighted by Crippen LogP contribution is 2.37. The fourth-order valence-corrected chi connectivity index (χ4v) is 1.98. The predicted octanol–water partition coefficient (Wildman–Crippen LogP) is 2.44. The summed E-state index contributed by atoms with van der Waals surface area (Å²) in [5.74, 6) is -0.268. The Morgan fingerprint density at radius 2 is 2.15 bits per heavy atom. The molecule has 0 spiro atoms. The highest BCUT2D eigenvalue weighted by atomic mass is 79.9. The second kappa shape index (κ2) is 6.29. The fraction of sp³-hybridized carbons (Fsp3) is 0.455. The van der Waals surface area contributed by atoms with Crippen LogP contribution in [0, 0.1) is 0 Å². The van der Waals surface area contributed by atoms with Crippen LogP contribution in [0.5, 0.6) is 0 Å². The number of halogens is 4. The van der Waals surface area contributed by atoms with Crippen LogP contribution >= 0.6 is 15.9 Å². The molecule has 0 unspecified atom stereocenters. The molecule has 20 heavy (non-hydrogen) atoms. The number of aromatic nitrogens is 1. The third-order valence-corrected chi connectivity index (χ3v) is 3.13. The van der Waals surface area contributed by atoms with E-state index in [1.54, 1.807) is 7.05 Å². The van der Waals surface area contributed by atoms with Crippen LogP contribution in [0.2, 0.25) is 0 Å². The standard InChI is InChI=1S/C11H13BrF3N3O2/c1-18(4-3-8(19)20-2)10-7(16)5-6(9(12)17-10)11(13,14)15/h5H,3-4,16H2,1-2H3. The molecular formula is C11H13BrF3N3O2. The molecule has 5 nitrogen and oxygen atoms in total. The predicted molar refractivity (Wildman–Crippen MR) is 71.3 cm³/mol. The topological polar surface area (TPSA) is 68.5 Å². The van der Waals surface area contributed by atoms with Crippen molar-refractivity contribution in [1.82, 2.24) is 4.98 Å². The molecule has 0 aromatic carbocycles. The van der Waals surface area contributed by atoms with Gasteiger partial charge in [-0.15, -0.1) is 0 Å². The molecule has 0 amide bonds. The van der Waals surface area contributed by atoms with Gasteiger partial charge >= 0.3 is 12.1 Å². The van der Waals surface area contributed by atoms with Crippen LogP contribution in [-0.2, 0) is 15.7 Å². The van der Waals surface area contributed by atoms with Crippen LogP contribution in [0.15, 0.2) is 10.7 Å². The van der Waals surface area contributed by atoms with Gasteiger partial charge in [-0.2, -0.15) is 13.2 Å². The smallest absolute Gasteiger partial charge is 0.419 e. The summed E-state index contributed by atoms with van der Waals surface area (Å²) in [6.45, 7) is 0.224.